The average Bonchev–Trinajstić information content (AvgIpc) is 3.35. The van der Waals surface area contributed by atoms with Gasteiger partial charge >= 0.3 is 0 Å². The Labute approximate surface area is 182 Å². The molecule has 31 heavy (non-hydrogen) atoms. The zero-order valence-corrected chi connectivity index (χ0v) is 17.8. The minimum atomic E-state index is -0.168. The lowest BCUT2D eigenvalue weighted by molar-refractivity contribution is -0.121. The molecule has 0 unspecified atom stereocenters. The van der Waals surface area contributed by atoms with Gasteiger partial charge in [0.1, 0.15) is 0 Å². The van der Waals surface area contributed by atoms with Crippen molar-refractivity contribution in [3.63, 3.8) is 0 Å². The third-order valence-corrected chi connectivity index (χ3v) is 4.85. The van der Waals surface area contributed by atoms with Crippen molar-refractivity contribution in [2.45, 2.75) is 12.8 Å². The molecule has 0 atom stereocenters. The Kier molecular flexibility index (Phi) is 7.70. The van der Waals surface area contributed by atoms with Crippen LogP contribution < -0.4 is 20.1 Å². The zero-order chi connectivity index (χ0) is 22.1. The Morgan fingerprint density at radius 2 is 1.55 bits per heavy atom. The molecular formula is C24H27N3O4. The molecule has 162 valence electrons. The molecule has 7 nitrogen and oxygen atoms in total. The number of methoxy groups -OCH3 is 2. The van der Waals surface area contributed by atoms with Crippen LogP contribution in [-0.4, -0.2) is 43.7 Å². The molecule has 2 N–H and O–H groups in total. The minimum Gasteiger partial charge on any atom is -0.493 e. The lowest BCUT2D eigenvalue weighted by atomic mass is 10.1. The van der Waals surface area contributed by atoms with E-state index in [0.717, 1.165) is 11.3 Å². The summed E-state index contributed by atoms with van der Waals surface area (Å²) in [5.41, 5.74) is 2.56. The largest absolute Gasteiger partial charge is 0.493 e. The maximum absolute atomic E-state index is 12.3. The fourth-order valence-corrected chi connectivity index (χ4v) is 3.15. The quantitative estimate of drug-likeness (QED) is 0.493. The third-order valence-electron chi connectivity index (χ3n) is 4.85. The Balaban J connectivity index is 1.37. The van der Waals surface area contributed by atoms with E-state index in [2.05, 4.69) is 10.6 Å². The number of hydrogen-bond acceptors (Lipinski definition) is 4. The number of hydrogen-bond donors (Lipinski definition) is 2. The number of ether oxygens (including phenoxy) is 2. The van der Waals surface area contributed by atoms with E-state index in [9.17, 15) is 9.59 Å². The van der Waals surface area contributed by atoms with Gasteiger partial charge in [-0.15, -0.1) is 0 Å². The van der Waals surface area contributed by atoms with E-state index in [1.165, 1.54) is 0 Å². The van der Waals surface area contributed by atoms with Crippen molar-refractivity contribution in [2.75, 3.05) is 27.3 Å². The first-order valence-electron chi connectivity index (χ1n) is 10.1. The van der Waals surface area contributed by atoms with Gasteiger partial charge in [0.15, 0.2) is 11.5 Å². The van der Waals surface area contributed by atoms with Crippen LogP contribution in [0.5, 0.6) is 11.5 Å². The summed E-state index contributed by atoms with van der Waals surface area (Å²) in [4.78, 5) is 24.3. The van der Waals surface area contributed by atoms with Crippen LogP contribution in [0.3, 0.4) is 0 Å². The molecule has 0 saturated carbocycles. The van der Waals surface area contributed by atoms with Crippen LogP contribution in [-0.2, 0) is 11.2 Å². The predicted molar refractivity (Wildman–Crippen MR) is 119 cm³/mol. The number of aryl methyl sites for hydroxylation is 1. The van der Waals surface area contributed by atoms with Gasteiger partial charge in [0.25, 0.3) is 5.91 Å². The first kappa shape index (κ1) is 22.0. The smallest absolute Gasteiger partial charge is 0.251 e. The minimum absolute atomic E-state index is 0.0693. The van der Waals surface area contributed by atoms with Gasteiger partial charge in [0.2, 0.25) is 5.91 Å². The highest BCUT2D eigenvalue weighted by Gasteiger charge is 2.08. The molecule has 3 aromatic rings. The Bertz CT molecular complexity index is 998. The highest BCUT2D eigenvalue weighted by atomic mass is 16.5. The van der Waals surface area contributed by atoms with Crippen LogP contribution in [0.1, 0.15) is 22.3 Å². The molecule has 1 aromatic heterocycles. The second-order valence-corrected chi connectivity index (χ2v) is 6.93. The SMILES string of the molecule is COc1ccc(CCC(=O)NCCNC(=O)c2ccc(-n3cccc3)cc2)cc1OC. The van der Waals surface area contributed by atoms with Crippen LogP contribution >= 0.6 is 0 Å². The molecule has 0 aliphatic rings. The molecule has 0 fully saturated rings. The van der Waals surface area contributed by atoms with Crippen LogP contribution in [0, 0.1) is 0 Å². The summed E-state index contributed by atoms with van der Waals surface area (Å²) in [5, 5.41) is 5.64. The lowest BCUT2D eigenvalue weighted by Gasteiger charge is -2.10. The summed E-state index contributed by atoms with van der Waals surface area (Å²) in [6, 6.07) is 16.9. The van der Waals surface area contributed by atoms with Gasteiger partial charge in [-0.1, -0.05) is 6.07 Å². The molecule has 3 rings (SSSR count). The van der Waals surface area contributed by atoms with Crippen LogP contribution in [0.15, 0.2) is 67.0 Å². The highest BCUT2D eigenvalue weighted by Crippen LogP contribution is 2.27. The number of carbonyl (C=O) groups excluding carboxylic acids is 2. The number of aromatic nitrogens is 1. The van der Waals surface area contributed by atoms with Crippen molar-refractivity contribution >= 4 is 11.8 Å². The first-order valence-corrected chi connectivity index (χ1v) is 10.1. The van der Waals surface area contributed by atoms with E-state index in [4.69, 9.17) is 9.47 Å². The summed E-state index contributed by atoms with van der Waals surface area (Å²) in [7, 11) is 3.17. The first-order chi connectivity index (χ1) is 15.1. The summed E-state index contributed by atoms with van der Waals surface area (Å²) in [5.74, 6) is 1.06. The number of nitrogens with one attached hydrogen (secondary N) is 2. The van der Waals surface area contributed by atoms with Crippen LogP contribution in [0.4, 0.5) is 0 Å². The molecule has 7 heteroatoms. The van der Waals surface area contributed by atoms with Crippen LogP contribution in [0.25, 0.3) is 5.69 Å². The fraction of sp³-hybridized carbons (Fsp3) is 0.250. The van der Waals surface area contributed by atoms with Crippen molar-refractivity contribution in [1.82, 2.24) is 15.2 Å². The molecule has 2 aromatic carbocycles. The molecule has 2 amide bonds. The molecule has 0 radical (unpaired) electrons. The Hall–Kier alpha value is -3.74. The van der Waals surface area contributed by atoms with E-state index < -0.39 is 0 Å². The maximum Gasteiger partial charge on any atom is 0.251 e. The Morgan fingerprint density at radius 3 is 2.23 bits per heavy atom. The van der Waals surface area contributed by atoms with Crippen molar-refractivity contribution in [1.29, 1.82) is 0 Å². The van der Waals surface area contributed by atoms with Gasteiger partial charge in [-0.3, -0.25) is 9.59 Å². The molecular weight excluding hydrogens is 394 g/mol. The number of nitrogens with zero attached hydrogens (tertiary/aromatic N) is 1. The third kappa shape index (κ3) is 6.12. The second kappa shape index (κ2) is 10.9. The second-order valence-electron chi connectivity index (χ2n) is 6.93. The molecule has 0 saturated heterocycles. The highest BCUT2D eigenvalue weighted by molar-refractivity contribution is 5.94. The van der Waals surface area contributed by atoms with Gasteiger partial charge in [-0.05, 0) is 60.5 Å². The topological polar surface area (TPSA) is 81.6 Å². The summed E-state index contributed by atoms with van der Waals surface area (Å²) < 4.78 is 12.5. The normalized spacial score (nSPS) is 10.4. The molecule has 0 bridgehead atoms. The number of amides is 2. The van der Waals surface area contributed by atoms with Crippen molar-refractivity contribution < 1.29 is 19.1 Å². The van der Waals surface area contributed by atoms with Crippen LogP contribution in [0.2, 0.25) is 0 Å². The molecule has 0 spiro atoms. The lowest BCUT2D eigenvalue weighted by Crippen LogP contribution is -2.34. The van der Waals surface area contributed by atoms with Gasteiger partial charge in [-0.2, -0.15) is 0 Å². The molecule has 1 heterocycles. The van der Waals surface area contributed by atoms with Crippen molar-refractivity contribution in [3.8, 4) is 17.2 Å². The van der Waals surface area contributed by atoms with E-state index in [1.54, 1.807) is 26.4 Å². The van der Waals surface area contributed by atoms with E-state index in [0.29, 0.717) is 43.0 Å². The average molecular weight is 421 g/mol. The monoisotopic (exact) mass is 421 g/mol. The number of rotatable bonds is 10. The van der Waals surface area contributed by atoms with Gasteiger partial charge in [0, 0.05) is 43.2 Å². The van der Waals surface area contributed by atoms with Gasteiger partial charge < -0.3 is 24.7 Å². The summed E-state index contributed by atoms with van der Waals surface area (Å²) >= 11 is 0. The molecule has 0 aliphatic carbocycles. The zero-order valence-electron chi connectivity index (χ0n) is 17.8. The van der Waals surface area contributed by atoms with Crippen molar-refractivity contribution in [2.24, 2.45) is 0 Å². The number of carbonyl (C=O) groups is 2. The maximum atomic E-state index is 12.3. The van der Waals surface area contributed by atoms with Gasteiger partial charge in [-0.25, -0.2) is 0 Å². The van der Waals surface area contributed by atoms with Crippen molar-refractivity contribution in [3.05, 3.63) is 78.1 Å². The number of benzene rings is 2. The van der Waals surface area contributed by atoms with E-state index >= 15 is 0 Å². The molecule has 0 aliphatic heterocycles. The summed E-state index contributed by atoms with van der Waals surface area (Å²) in [6.07, 6.45) is 4.84. The Morgan fingerprint density at radius 1 is 0.871 bits per heavy atom. The summed E-state index contributed by atoms with van der Waals surface area (Å²) in [6.45, 7) is 0.734. The van der Waals surface area contributed by atoms with E-state index in [-0.39, 0.29) is 11.8 Å². The van der Waals surface area contributed by atoms with E-state index in [1.807, 2.05) is 59.4 Å². The fourth-order valence-electron chi connectivity index (χ4n) is 3.15. The van der Waals surface area contributed by atoms with Gasteiger partial charge in [0.05, 0.1) is 14.2 Å². The predicted octanol–water partition coefficient (Wildman–Crippen LogP) is 2.97. The standard InChI is InChI=1S/C24H27N3O4/c1-30-21-11-5-18(17-22(21)31-2)6-12-23(28)25-13-14-26-24(29)19-7-9-20(10-8-19)27-15-3-4-16-27/h3-5,7-11,15-17H,6,12-14H2,1-2H3,(H,25,28)(H,26,29).